The standard InChI is InChI=1S/C19H20ClN3O/c20-18-8-6-17(7-9-18)19(24)12-21-10-16-11-22-23(14-16)13-15-4-2-1-3-5-15/h1-9,11,14,19,21,24H,10,12-13H2. The summed E-state index contributed by atoms with van der Waals surface area (Å²) in [5, 5.41) is 18.5. The monoisotopic (exact) mass is 341 g/mol. The number of nitrogens with zero attached hydrogens (tertiary/aromatic N) is 2. The van der Waals surface area contributed by atoms with E-state index >= 15 is 0 Å². The van der Waals surface area contributed by atoms with E-state index in [9.17, 15) is 5.11 Å². The highest BCUT2D eigenvalue weighted by Gasteiger charge is 2.07. The van der Waals surface area contributed by atoms with Crippen molar-refractivity contribution in [1.82, 2.24) is 15.1 Å². The maximum absolute atomic E-state index is 10.2. The van der Waals surface area contributed by atoms with Crippen LogP contribution in [0.3, 0.4) is 0 Å². The summed E-state index contributed by atoms with van der Waals surface area (Å²) in [7, 11) is 0. The molecule has 1 aromatic heterocycles. The zero-order valence-electron chi connectivity index (χ0n) is 13.3. The van der Waals surface area contributed by atoms with Crippen molar-refractivity contribution >= 4 is 11.6 Å². The van der Waals surface area contributed by atoms with Gasteiger partial charge in [0, 0.05) is 29.9 Å². The molecule has 5 heteroatoms. The van der Waals surface area contributed by atoms with Crippen molar-refractivity contribution in [2.24, 2.45) is 0 Å². The molecule has 3 rings (SSSR count). The lowest BCUT2D eigenvalue weighted by atomic mass is 10.1. The minimum Gasteiger partial charge on any atom is -0.387 e. The van der Waals surface area contributed by atoms with E-state index in [1.54, 1.807) is 12.1 Å². The SMILES string of the molecule is OC(CNCc1cnn(Cc2ccccc2)c1)c1ccc(Cl)cc1. The van der Waals surface area contributed by atoms with Gasteiger partial charge < -0.3 is 10.4 Å². The molecule has 0 radical (unpaired) electrons. The Bertz CT molecular complexity index is 756. The molecule has 1 atom stereocenters. The van der Waals surface area contributed by atoms with Crippen LogP contribution in [0.1, 0.15) is 22.8 Å². The molecule has 2 aromatic carbocycles. The summed E-state index contributed by atoms with van der Waals surface area (Å²) < 4.78 is 1.92. The summed E-state index contributed by atoms with van der Waals surface area (Å²) >= 11 is 5.85. The number of aromatic nitrogens is 2. The molecule has 0 aliphatic heterocycles. The average Bonchev–Trinajstić information content (AvgIpc) is 3.03. The number of rotatable bonds is 7. The van der Waals surface area contributed by atoms with Gasteiger partial charge in [-0.1, -0.05) is 54.1 Å². The Balaban J connectivity index is 1.48. The van der Waals surface area contributed by atoms with Gasteiger partial charge in [-0.15, -0.1) is 0 Å². The number of hydrogen-bond acceptors (Lipinski definition) is 3. The molecule has 0 amide bonds. The summed E-state index contributed by atoms with van der Waals surface area (Å²) in [5.41, 5.74) is 3.17. The minimum atomic E-state index is -0.554. The van der Waals surface area contributed by atoms with Gasteiger partial charge in [-0.3, -0.25) is 4.68 Å². The zero-order chi connectivity index (χ0) is 16.8. The van der Waals surface area contributed by atoms with Crippen molar-refractivity contribution in [3.8, 4) is 0 Å². The largest absolute Gasteiger partial charge is 0.387 e. The van der Waals surface area contributed by atoms with Gasteiger partial charge in [0.05, 0.1) is 18.8 Å². The fourth-order valence-electron chi connectivity index (χ4n) is 2.51. The molecule has 0 saturated carbocycles. The van der Waals surface area contributed by atoms with Crippen molar-refractivity contribution in [1.29, 1.82) is 0 Å². The molecule has 0 aliphatic carbocycles. The molecule has 0 aliphatic rings. The van der Waals surface area contributed by atoms with Gasteiger partial charge in [-0.25, -0.2) is 0 Å². The van der Waals surface area contributed by atoms with Crippen molar-refractivity contribution in [2.45, 2.75) is 19.2 Å². The number of aliphatic hydroxyl groups is 1. The number of aliphatic hydroxyl groups excluding tert-OH is 1. The van der Waals surface area contributed by atoms with Crippen LogP contribution >= 0.6 is 11.6 Å². The second-order valence-electron chi connectivity index (χ2n) is 5.73. The third kappa shape index (κ3) is 4.68. The average molecular weight is 342 g/mol. The summed E-state index contributed by atoms with van der Waals surface area (Å²) in [6.07, 6.45) is 3.32. The molecule has 4 nitrogen and oxygen atoms in total. The highest BCUT2D eigenvalue weighted by Crippen LogP contribution is 2.15. The van der Waals surface area contributed by atoms with Crippen LogP contribution in [0, 0.1) is 0 Å². The molecule has 1 unspecified atom stereocenters. The van der Waals surface area contributed by atoms with Crippen molar-refractivity contribution in [3.63, 3.8) is 0 Å². The maximum atomic E-state index is 10.2. The van der Waals surface area contributed by atoms with E-state index in [1.165, 1.54) is 5.56 Å². The van der Waals surface area contributed by atoms with Crippen LogP contribution in [-0.4, -0.2) is 21.4 Å². The van der Waals surface area contributed by atoms with Crippen LogP contribution in [0.5, 0.6) is 0 Å². The van der Waals surface area contributed by atoms with Gasteiger partial charge in [0.25, 0.3) is 0 Å². The molecule has 3 aromatic rings. The first-order valence-electron chi connectivity index (χ1n) is 7.90. The fourth-order valence-corrected chi connectivity index (χ4v) is 2.64. The van der Waals surface area contributed by atoms with Crippen LogP contribution < -0.4 is 5.32 Å². The van der Waals surface area contributed by atoms with Crippen molar-refractivity contribution in [2.75, 3.05) is 6.54 Å². The zero-order valence-corrected chi connectivity index (χ0v) is 14.0. The Kier molecular flexibility index (Phi) is 5.64. The van der Waals surface area contributed by atoms with Crippen LogP contribution in [0.2, 0.25) is 5.02 Å². The van der Waals surface area contributed by atoms with E-state index in [2.05, 4.69) is 22.5 Å². The first-order chi connectivity index (χ1) is 11.7. The summed E-state index contributed by atoms with van der Waals surface area (Å²) in [6.45, 7) is 1.90. The molecule has 2 N–H and O–H groups in total. The number of benzene rings is 2. The Morgan fingerprint density at radius 2 is 1.79 bits per heavy atom. The first-order valence-corrected chi connectivity index (χ1v) is 8.28. The first kappa shape index (κ1) is 16.7. The number of nitrogens with one attached hydrogen (secondary N) is 1. The Hall–Kier alpha value is -2.14. The second kappa shape index (κ2) is 8.11. The third-order valence-electron chi connectivity index (χ3n) is 3.80. The van der Waals surface area contributed by atoms with Gasteiger partial charge in [0.2, 0.25) is 0 Å². The quantitative estimate of drug-likeness (QED) is 0.692. The third-order valence-corrected chi connectivity index (χ3v) is 4.05. The number of hydrogen-bond donors (Lipinski definition) is 2. The van der Waals surface area contributed by atoms with Crippen molar-refractivity contribution in [3.05, 3.63) is 88.7 Å². The van der Waals surface area contributed by atoms with E-state index in [1.807, 2.05) is 47.4 Å². The predicted octanol–water partition coefficient (Wildman–Crippen LogP) is 3.41. The second-order valence-corrected chi connectivity index (χ2v) is 6.17. The predicted molar refractivity (Wildman–Crippen MR) is 95.9 cm³/mol. The summed E-state index contributed by atoms with van der Waals surface area (Å²) in [5.74, 6) is 0. The Morgan fingerprint density at radius 3 is 2.54 bits per heavy atom. The molecule has 0 saturated heterocycles. The van der Waals surface area contributed by atoms with E-state index in [-0.39, 0.29) is 0 Å². The van der Waals surface area contributed by atoms with Crippen LogP contribution in [0.4, 0.5) is 0 Å². The highest BCUT2D eigenvalue weighted by molar-refractivity contribution is 6.30. The van der Waals surface area contributed by atoms with Crippen LogP contribution in [0.25, 0.3) is 0 Å². The van der Waals surface area contributed by atoms with E-state index in [0.29, 0.717) is 18.1 Å². The molecule has 0 fully saturated rings. The van der Waals surface area contributed by atoms with Gasteiger partial charge in [-0.2, -0.15) is 5.10 Å². The molecule has 24 heavy (non-hydrogen) atoms. The smallest absolute Gasteiger partial charge is 0.0914 e. The topological polar surface area (TPSA) is 50.1 Å². The minimum absolute atomic E-state index is 0.478. The lowest BCUT2D eigenvalue weighted by molar-refractivity contribution is 0.174. The lowest BCUT2D eigenvalue weighted by Gasteiger charge is -2.11. The lowest BCUT2D eigenvalue weighted by Crippen LogP contribution is -2.20. The van der Waals surface area contributed by atoms with Crippen LogP contribution in [-0.2, 0) is 13.1 Å². The Labute approximate surface area is 146 Å². The summed E-state index contributed by atoms with van der Waals surface area (Å²) in [4.78, 5) is 0. The highest BCUT2D eigenvalue weighted by atomic mass is 35.5. The van der Waals surface area contributed by atoms with Gasteiger partial charge in [0.1, 0.15) is 0 Å². The maximum Gasteiger partial charge on any atom is 0.0914 e. The molecule has 0 spiro atoms. The van der Waals surface area contributed by atoms with E-state index < -0.39 is 6.10 Å². The van der Waals surface area contributed by atoms with Crippen LogP contribution in [0.15, 0.2) is 67.0 Å². The molecule has 124 valence electrons. The number of halogens is 1. The molecule has 0 bridgehead atoms. The van der Waals surface area contributed by atoms with E-state index in [0.717, 1.165) is 17.7 Å². The summed E-state index contributed by atoms with van der Waals surface area (Å²) in [6, 6.07) is 17.5. The fraction of sp³-hybridized carbons (Fsp3) is 0.211. The van der Waals surface area contributed by atoms with Gasteiger partial charge in [0.15, 0.2) is 0 Å². The van der Waals surface area contributed by atoms with Crippen molar-refractivity contribution < 1.29 is 5.11 Å². The molecular formula is C19H20ClN3O. The molecular weight excluding hydrogens is 322 g/mol. The Morgan fingerprint density at radius 1 is 1.04 bits per heavy atom. The normalized spacial score (nSPS) is 12.2. The van der Waals surface area contributed by atoms with E-state index in [4.69, 9.17) is 11.6 Å². The molecule has 1 heterocycles. The van der Waals surface area contributed by atoms with Gasteiger partial charge >= 0.3 is 0 Å². The van der Waals surface area contributed by atoms with Gasteiger partial charge in [-0.05, 0) is 23.3 Å².